The largest absolute Gasteiger partial charge is 0.480 e. The Morgan fingerprint density at radius 1 is 1.05 bits per heavy atom. The Hall–Kier alpha value is -3.29. The van der Waals surface area contributed by atoms with E-state index in [1.54, 1.807) is 0 Å². The molecule has 1 amide bonds. The molecule has 8 heteroatoms. The van der Waals surface area contributed by atoms with Gasteiger partial charge < -0.3 is 19.6 Å². The summed E-state index contributed by atoms with van der Waals surface area (Å²) in [4.78, 5) is 36.7. The van der Waals surface area contributed by atoms with Crippen LogP contribution in [-0.4, -0.2) is 29.8 Å². The molecular formula is C29H24NO6Y-. The number of carbonyl (C=O) groups excluding carboxylic acids is 1. The van der Waals surface area contributed by atoms with Crippen LogP contribution in [0.5, 0.6) is 0 Å². The Balaban J connectivity index is 0.00000320. The van der Waals surface area contributed by atoms with Crippen LogP contribution in [0.3, 0.4) is 0 Å². The van der Waals surface area contributed by atoms with Crippen molar-refractivity contribution in [2.24, 2.45) is 0 Å². The molecule has 5 rings (SSSR count). The van der Waals surface area contributed by atoms with E-state index in [1.807, 2.05) is 68.4 Å². The van der Waals surface area contributed by atoms with Crippen molar-refractivity contribution >= 4 is 23.0 Å². The number of benzene rings is 3. The first kappa shape index (κ1) is 26.8. The molecule has 185 valence electrons. The summed E-state index contributed by atoms with van der Waals surface area (Å²) in [7, 11) is 0. The Bertz CT molecular complexity index is 1510. The molecule has 0 unspecified atom stereocenters. The summed E-state index contributed by atoms with van der Waals surface area (Å²) >= 11 is 0. The van der Waals surface area contributed by atoms with E-state index in [2.05, 4.69) is 11.4 Å². The van der Waals surface area contributed by atoms with E-state index >= 15 is 0 Å². The van der Waals surface area contributed by atoms with Gasteiger partial charge >= 0.3 is 17.7 Å². The zero-order valence-electron chi connectivity index (χ0n) is 20.4. The number of carboxylic acids is 1. The molecule has 37 heavy (non-hydrogen) atoms. The van der Waals surface area contributed by atoms with Crippen LogP contribution in [-0.2, 0) is 48.7 Å². The number of nitrogens with one attached hydrogen (secondary N) is 1. The van der Waals surface area contributed by atoms with E-state index in [0.29, 0.717) is 10.9 Å². The SMILES string of the molecule is Cc1[c-]c2oc(=O)cc(C[C@H](NC(=O)OCC3c4ccccc4-c4ccccc43)C(=O)O)c2cc1C.[Y]. The van der Waals surface area contributed by atoms with Crippen molar-refractivity contribution in [2.75, 3.05) is 6.61 Å². The molecule has 1 aliphatic rings. The quantitative estimate of drug-likeness (QED) is 0.256. The maximum Gasteiger partial charge on any atom is 0.407 e. The molecule has 0 fully saturated rings. The van der Waals surface area contributed by atoms with Crippen LogP contribution in [0.4, 0.5) is 4.79 Å². The van der Waals surface area contributed by atoms with Crippen LogP contribution in [0.15, 0.2) is 69.9 Å². The molecule has 4 aromatic rings. The molecule has 3 aromatic carbocycles. The van der Waals surface area contributed by atoms with Crippen molar-refractivity contribution in [1.29, 1.82) is 0 Å². The van der Waals surface area contributed by atoms with Crippen molar-refractivity contribution < 1.29 is 56.6 Å². The summed E-state index contributed by atoms with van der Waals surface area (Å²) in [5.74, 6) is -1.38. The van der Waals surface area contributed by atoms with Crippen LogP contribution < -0.4 is 10.9 Å². The molecule has 1 atom stereocenters. The number of fused-ring (bicyclic) bond motifs is 4. The van der Waals surface area contributed by atoms with Gasteiger partial charge in [-0.2, -0.15) is 17.2 Å². The fraction of sp³-hybridized carbons (Fsp3) is 0.207. The van der Waals surface area contributed by atoms with Crippen molar-refractivity contribution in [1.82, 2.24) is 5.32 Å². The molecule has 1 heterocycles. The Labute approximate surface area is 238 Å². The normalized spacial score (nSPS) is 12.8. The summed E-state index contributed by atoms with van der Waals surface area (Å²) in [6.45, 7) is 3.81. The third-order valence-electron chi connectivity index (χ3n) is 6.70. The molecule has 0 aliphatic heterocycles. The van der Waals surface area contributed by atoms with Gasteiger partial charge in [-0.3, -0.25) is 0 Å². The van der Waals surface area contributed by atoms with E-state index in [9.17, 15) is 19.5 Å². The number of hydrogen-bond donors (Lipinski definition) is 2. The zero-order chi connectivity index (χ0) is 25.4. The average molecular weight is 571 g/mol. The molecule has 1 radical (unpaired) electrons. The predicted octanol–water partition coefficient (Wildman–Crippen LogP) is 4.74. The number of aliphatic carboxylic acids is 1. The summed E-state index contributed by atoms with van der Waals surface area (Å²) in [5, 5.41) is 12.8. The van der Waals surface area contributed by atoms with Crippen LogP contribution >= 0.6 is 0 Å². The Morgan fingerprint density at radius 2 is 1.68 bits per heavy atom. The van der Waals surface area contributed by atoms with Crippen LogP contribution in [0.25, 0.3) is 22.1 Å². The average Bonchev–Trinajstić information content (AvgIpc) is 3.17. The third kappa shape index (κ3) is 5.38. The van der Waals surface area contributed by atoms with Crippen molar-refractivity contribution in [3.8, 4) is 11.1 Å². The maximum absolute atomic E-state index is 12.7. The van der Waals surface area contributed by atoms with Crippen LogP contribution in [0, 0.1) is 19.9 Å². The van der Waals surface area contributed by atoms with E-state index in [0.717, 1.165) is 33.4 Å². The fourth-order valence-electron chi connectivity index (χ4n) is 4.77. The molecule has 7 nitrogen and oxygen atoms in total. The Morgan fingerprint density at radius 3 is 2.30 bits per heavy atom. The second kappa shape index (κ2) is 11.0. The molecule has 0 bridgehead atoms. The van der Waals surface area contributed by atoms with Gasteiger partial charge in [0.25, 0.3) is 0 Å². The van der Waals surface area contributed by atoms with E-state index in [4.69, 9.17) is 9.15 Å². The Kier molecular flexibility index (Phi) is 7.95. The first-order valence-corrected chi connectivity index (χ1v) is 11.6. The van der Waals surface area contributed by atoms with Crippen molar-refractivity contribution in [3.05, 3.63) is 105 Å². The number of carbonyl (C=O) groups is 2. The first-order valence-electron chi connectivity index (χ1n) is 11.6. The zero-order valence-corrected chi connectivity index (χ0v) is 23.2. The summed E-state index contributed by atoms with van der Waals surface area (Å²) in [6, 6.07) is 20.7. The smallest absolute Gasteiger partial charge is 0.407 e. The summed E-state index contributed by atoms with van der Waals surface area (Å²) < 4.78 is 10.7. The van der Waals surface area contributed by atoms with Gasteiger partial charge in [-0.1, -0.05) is 73.3 Å². The second-order valence-electron chi connectivity index (χ2n) is 8.98. The maximum atomic E-state index is 12.7. The molecular weight excluding hydrogens is 547 g/mol. The first-order chi connectivity index (χ1) is 17.3. The van der Waals surface area contributed by atoms with E-state index in [1.165, 1.54) is 6.07 Å². The molecule has 1 aliphatic carbocycles. The number of alkyl carbamates (subject to hydrolysis) is 1. The molecule has 0 saturated carbocycles. The van der Waals surface area contributed by atoms with Crippen LogP contribution in [0.2, 0.25) is 0 Å². The van der Waals surface area contributed by atoms with Gasteiger partial charge in [0.2, 0.25) is 0 Å². The minimum absolute atomic E-state index is 0. The van der Waals surface area contributed by atoms with Crippen LogP contribution in [0.1, 0.15) is 33.7 Å². The summed E-state index contributed by atoms with van der Waals surface area (Å²) in [5.41, 5.74) is 6.17. The second-order valence-corrected chi connectivity index (χ2v) is 8.98. The number of rotatable bonds is 6. The molecule has 2 N–H and O–H groups in total. The van der Waals surface area contributed by atoms with Crippen molar-refractivity contribution in [2.45, 2.75) is 32.2 Å². The van der Waals surface area contributed by atoms with Gasteiger partial charge in [0.05, 0.1) is 0 Å². The van der Waals surface area contributed by atoms with Gasteiger partial charge in [-0.15, -0.1) is 6.07 Å². The fourth-order valence-corrected chi connectivity index (χ4v) is 4.77. The third-order valence-corrected chi connectivity index (χ3v) is 6.70. The topological polar surface area (TPSA) is 106 Å². The van der Waals surface area contributed by atoms with Gasteiger partial charge in [0, 0.05) is 50.3 Å². The minimum Gasteiger partial charge on any atom is -0.480 e. The minimum atomic E-state index is -1.30. The number of carboxylic acid groups (broad SMARTS) is 1. The van der Waals surface area contributed by atoms with E-state index in [-0.39, 0.29) is 57.2 Å². The standard InChI is InChI=1S/C29H24NO6.Y/c1-16-11-23-18(14-27(31)36-26(23)12-17(16)2)13-25(28(32)33)30-29(34)35-15-24-21-9-5-3-7-19(21)20-8-4-6-10-22(20)24;/h3-11,14,24-25H,13,15H2,1-2H3,(H,30,34)(H,32,33);/q-1;/t25-;/m0./s1. The molecule has 1 aromatic heterocycles. The predicted molar refractivity (Wildman–Crippen MR) is 134 cm³/mol. The molecule has 0 saturated heterocycles. The van der Waals surface area contributed by atoms with E-state index < -0.39 is 23.7 Å². The van der Waals surface area contributed by atoms with Gasteiger partial charge in [-0.25, -0.2) is 14.4 Å². The number of amides is 1. The number of aryl methyl sites for hydroxylation is 2. The number of ether oxygens (including phenoxy) is 1. The summed E-state index contributed by atoms with van der Waals surface area (Å²) in [6.07, 6.45) is -0.951. The monoisotopic (exact) mass is 571 g/mol. The van der Waals surface area contributed by atoms with Gasteiger partial charge in [0.1, 0.15) is 12.6 Å². The van der Waals surface area contributed by atoms with Crippen molar-refractivity contribution in [3.63, 3.8) is 0 Å². The van der Waals surface area contributed by atoms with Gasteiger partial charge in [0.15, 0.2) is 0 Å². The molecule has 0 spiro atoms. The van der Waals surface area contributed by atoms with Gasteiger partial charge in [-0.05, 0) is 28.7 Å². The number of hydrogen-bond acceptors (Lipinski definition) is 5.